The van der Waals surface area contributed by atoms with Crippen molar-refractivity contribution < 1.29 is 60.8 Å². The number of rotatable bonds is 0. The molecule has 3 aliphatic heterocycles. The number of aliphatic carboxylic acids is 2. The standard InChI is InChI=1S/C34H34N4.2C2HF3O2.H2O/c1-3-10-33-29(8-1)31-16-18-37(33)23-27-6-5-7-28(20-27)24-38-19-17-32(30-9-2-4-11-34(30)38)36-22-26-14-12-25(13-15-26)21-35-31;2*3-2(4,5)1(6)7;/h1-11,16-20,25-26H,12-15,21-24H2;2*(H,6,7);1H2. The molecule has 1 aliphatic carbocycles. The minimum Gasteiger partial charge on any atom is -0.542 e. The maximum absolute atomic E-state index is 10.5. The smallest absolute Gasteiger partial charge is 0.430 e. The Hall–Kier alpha value is -5.44. The Bertz CT molecular complexity index is 1890. The zero-order chi connectivity index (χ0) is 37.5. The number of anilines is 2. The Morgan fingerprint density at radius 2 is 0.943 bits per heavy atom. The molecule has 1 saturated carbocycles. The van der Waals surface area contributed by atoms with Crippen molar-refractivity contribution in [3.63, 3.8) is 0 Å². The average molecular weight is 745 g/mol. The van der Waals surface area contributed by atoms with Gasteiger partial charge in [0.2, 0.25) is 11.0 Å². The van der Waals surface area contributed by atoms with Gasteiger partial charge in [0.15, 0.2) is 25.5 Å². The lowest BCUT2D eigenvalue weighted by Gasteiger charge is -2.29. The van der Waals surface area contributed by atoms with Gasteiger partial charge in [0.25, 0.3) is 0 Å². The molecule has 53 heavy (non-hydrogen) atoms. The van der Waals surface area contributed by atoms with E-state index in [0.29, 0.717) is 0 Å². The number of carboxylic acid groups (broad SMARTS) is 2. The summed E-state index contributed by atoms with van der Waals surface area (Å²) in [5, 5.41) is 27.8. The molecule has 9 nitrogen and oxygen atoms in total. The summed E-state index contributed by atoms with van der Waals surface area (Å²) < 4.78 is 67.9. The second-order valence-electron chi connectivity index (χ2n) is 12.8. The molecule has 8 bridgehead atoms. The average Bonchev–Trinajstić information content (AvgIpc) is 3.11. The Labute approximate surface area is 300 Å². The lowest BCUT2D eigenvalue weighted by atomic mass is 9.82. The number of hydrogen-bond donors (Lipinski definition) is 2. The molecule has 0 unspecified atom stereocenters. The monoisotopic (exact) mass is 744 g/mol. The zero-order valence-electron chi connectivity index (χ0n) is 28.3. The van der Waals surface area contributed by atoms with E-state index in [1.54, 1.807) is 0 Å². The minimum absolute atomic E-state index is 0. The maximum atomic E-state index is 10.5. The lowest BCUT2D eigenvalue weighted by molar-refractivity contribution is -0.663. The van der Waals surface area contributed by atoms with Crippen LogP contribution in [0.5, 0.6) is 0 Å². The van der Waals surface area contributed by atoms with Crippen molar-refractivity contribution in [2.75, 3.05) is 23.7 Å². The highest BCUT2D eigenvalue weighted by Gasteiger charge is 2.29. The predicted octanol–water partition coefficient (Wildman–Crippen LogP) is 4.08. The summed E-state index contributed by atoms with van der Waals surface area (Å²) in [4.78, 5) is 17.6. The molecule has 5 heterocycles. The molecule has 3 aromatic carbocycles. The second kappa shape index (κ2) is 17.4. The van der Waals surface area contributed by atoms with E-state index in [-0.39, 0.29) is 5.48 Å². The van der Waals surface area contributed by atoms with Crippen molar-refractivity contribution in [3.05, 3.63) is 108 Å². The van der Waals surface area contributed by atoms with Crippen molar-refractivity contribution in [3.8, 4) is 0 Å². The first-order valence-electron chi connectivity index (χ1n) is 16.6. The molecule has 0 spiro atoms. The summed E-state index contributed by atoms with van der Waals surface area (Å²) in [6.45, 7) is 3.82. The van der Waals surface area contributed by atoms with Crippen molar-refractivity contribution in [2.24, 2.45) is 11.8 Å². The van der Waals surface area contributed by atoms with Crippen LogP contribution in [0.1, 0.15) is 36.8 Å². The summed E-state index contributed by atoms with van der Waals surface area (Å²) in [5.74, 6) is -4.53. The Morgan fingerprint density at radius 3 is 1.30 bits per heavy atom. The number of aromatic nitrogens is 2. The SMILES string of the molecule is O.O=C([O-])C(F)(F)F.O=C([O-])C(F)(F)F.c1cc2cc(c1)C[n+]1ccc(c3ccccc31)NCC1CCC(CC1)CNc1cc[n+](c3ccccc13)C2. The summed E-state index contributed by atoms with van der Waals surface area (Å²) in [6, 6.07) is 31.2. The minimum atomic E-state index is -5.19. The molecular formula is C38H38F6N4O5. The lowest BCUT2D eigenvalue weighted by Crippen LogP contribution is -2.37. The van der Waals surface area contributed by atoms with Crippen LogP contribution in [0.3, 0.4) is 0 Å². The molecule has 282 valence electrons. The zero-order valence-corrected chi connectivity index (χ0v) is 28.3. The third-order valence-electron chi connectivity index (χ3n) is 9.14. The molecule has 2 aromatic heterocycles. The van der Waals surface area contributed by atoms with Gasteiger partial charge in [0, 0.05) is 48.5 Å². The molecule has 4 aliphatic rings. The van der Waals surface area contributed by atoms with E-state index in [4.69, 9.17) is 19.8 Å². The second-order valence-corrected chi connectivity index (χ2v) is 12.8. The van der Waals surface area contributed by atoms with Crippen LogP contribution in [0.25, 0.3) is 21.8 Å². The molecular weight excluding hydrogens is 706 g/mol. The topological polar surface area (TPSA) is 144 Å². The van der Waals surface area contributed by atoms with Gasteiger partial charge < -0.3 is 35.9 Å². The number of halogens is 6. The molecule has 15 heteroatoms. The van der Waals surface area contributed by atoms with Gasteiger partial charge in [-0.3, -0.25) is 0 Å². The Morgan fingerprint density at radius 1 is 0.585 bits per heavy atom. The molecule has 0 saturated heterocycles. The van der Waals surface area contributed by atoms with Gasteiger partial charge in [-0.2, -0.15) is 35.5 Å². The molecule has 4 N–H and O–H groups in total. The highest BCUT2D eigenvalue weighted by Crippen LogP contribution is 2.31. The molecule has 0 atom stereocenters. The third-order valence-corrected chi connectivity index (χ3v) is 9.14. The number of carbonyl (C=O) groups excluding carboxylic acids is 2. The molecule has 1 fully saturated rings. The number of pyridine rings is 2. The Kier molecular flexibility index (Phi) is 13.2. The highest BCUT2D eigenvalue weighted by atomic mass is 19.4. The van der Waals surface area contributed by atoms with Crippen molar-refractivity contribution >= 4 is 45.1 Å². The number of carboxylic acids is 2. The molecule has 0 radical (unpaired) electrons. The quantitative estimate of drug-likeness (QED) is 0.181. The third kappa shape index (κ3) is 10.8. The first-order chi connectivity index (χ1) is 24.7. The summed E-state index contributed by atoms with van der Waals surface area (Å²) in [5.41, 5.74) is 7.71. The fourth-order valence-corrected chi connectivity index (χ4v) is 6.53. The number of fused-ring (bicyclic) bond motifs is 2. The fourth-order valence-electron chi connectivity index (χ4n) is 6.53. The number of para-hydroxylation sites is 2. The summed E-state index contributed by atoms with van der Waals surface area (Å²) in [7, 11) is 0. The van der Waals surface area contributed by atoms with Gasteiger partial charge in [-0.1, -0.05) is 42.5 Å². The van der Waals surface area contributed by atoms with Gasteiger partial charge in [-0.25, -0.2) is 0 Å². The number of alkyl halides is 6. The molecule has 0 amide bonds. The summed E-state index contributed by atoms with van der Waals surface area (Å²) >= 11 is 0. The number of benzene rings is 3. The predicted molar refractivity (Wildman–Crippen MR) is 181 cm³/mol. The van der Waals surface area contributed by atoms with Gasteiger partial charge in [0.1, 0.15) is 11.9 Å². The normalized spacial score (nSPS) is 17.1. The van der Waals surface area contributed by atoms with Gasteiger partial charge in [-0.05, 0) is 55.7 Å². The van der Waals surface area contributed by atoms with Crippen LogP contribution >= 0.6 is 0 Å². The van der Waals surface area contributed by atoms with Crippen LogP contribution in [0.4, 0.5) is 37.7 Å². The van der Waals surface area contributed by atoms with Gasteiger partial charge >= 0.3 is 12.4 Å². The van der Waals surface area contributed by atoms with Crippen LogP contribution in [-0.2, 0) is 22.7 Å². The van der Waals surface area contributed by atoms with Gasteiger partial charge in [0.05, 0.1) is 22.1 Å². The van der Waals surface area contributed by atoms with Crippen LogP contribution in [0.2, 0.25) is 0 Å². The van der Waals surface area contributed by atoms with Crippen LogP contribution < -0.4 is 30.0 Å². The van der Waals surface area contributed by atoms with Gasteiger partial charge in [-0.15, -0.1) is 0 Å². The Balaban J connectivity index is 0.000000358. The molecule has 9 rings (SSSR count). The van der Waals surface area contributed by atoms with Crippen molar-refractivity contribution in [1.82, 2.24) is 0 Å². The van der Waals surface area contributed by atoms with E-state index in [1.165, 1.54) is 70.0 Å². The molecule has 5 aromatic rings. The van der Waals surface area contributed by atoms with E-state index in [1.807, 2.05) is 0 Å². The number of nitrogens with zero attached hydrogens (tertiary/aromatic N) is 2. The number of carbonyl (C=O) groups is 2. The number of nitrogens with one attached hydrogen (secondary N) is 2. The van der Waals surface area contributed by atoms with E-state index < -0.39 is 24.3 Å². The highest BCUT2D eigenvalue weighted by molar-refractivity contribution is 5.89. The van der Waals surface area contributed by atoms with E-state index in [0.717, 1.165) is 38.0 Å². The fraction of sp³-hybridized carbons (Fsp3) is 0.316. The van der Waals surface area contributed by atoms with Crippen molar-refractivity contribution in [2.45, 2.75) is 51.1 Å². The maximum Gasteiger partial charge on any atom is 0.430 e. The van der Waals surface area contributed by atoms with Crippen LogP contribution in [0.15, 0.2) is 97.3 Å². The summed E-state index contributed by atoms with van der Waals surface area (Å²) in [6.07, 6.45) is -0.679. The first kappa shape index (κ1) is 40.3. The van der Waals surface area contributed by atoms with E-state index in [9.17, 15) is 26.3 Å². The van der Waals surface area contributed by atoms with Crippen LogP contribution in [-0.4, -0.2) is 42.9 Å². The number of hydrogen-bond acceptors (Lipinski definition) is 6. The largest absolute Gasteiger partial charge is 0.542 e. The first-order valence-corrected chi connectivity index (χ1v) is 16.6. The van der Waals surface area contributed by atoms with E-state index >= 15 is 0 Å². The van der Waals surface area contributed by atoms with Crippen LogP contribution in [0, 0.1) is 11.8 Å². The van der Waals surface area contributed by atoms with Crippen molar-refractivity contribution in [1.29, 1.82) is 0 Å². The van der Waals surface area contributed by atoms with E-state index in [2.05, 4.69) is 117 Å².